The monoisotopic (exact) mass is 1040 g/mol. The number of rotatable bonds is 5. The minimum absolute atomic E-state index is 0.0480. The number of nitrogens with zero attached hydrogens (tertiary/aromatic N) is 1. The summed E-state index contributed by atoms with van der Waals surface area (Å²) in [5.74, 6) is 0. The van der Waals surface area contributed by atoms with E-state index in [0.29, 0.717) is 0 Å². The van der Waals surface area contributed by atoms with Gasteiger partial charge in [-0.1, -0.05) is 233 Å². The molecule has 0 radical (unpaired) electrons. The van der Waals surface area contributed by atoms with Crippen LogP contribution in [0.25, 0.3) is 66.8 Å². The van der Waals surface area contributed by atoms with Crippen molar-refractivity contribution in [2.24, 2.45) is 0 Å². The van der Waals surface area contributed by atoms with Crippen LogP contribution in [0.3, 0.4) is 0 Å². The first kappa shape index (κ1) is 52.2. The van der Waals surface area contributed by atoms with Crippen LogP contribution in [0.1, 0.15) is 184 Å². The predicted molar refractivity (Wildman–Crippen MR) is 343 cm³/mol. The number of benzene rings is 9. The van der Waals surface area contributed by atoms with Crippen LogP contribution in [0.2, 0.25) is 0 Å². The molecule has 0 amide bonds. The Bertz CT molecular complexity index is 3970. The summed E-state index contributed by atoms with van der Waals surface area (Å²) < 4.78 is 0. The molecule has 1 nitrogen and oxygen atoms in total. The highest BCUT2D eigenvalue weighted by Gasteiger charge is 2.41. The van der Waals surface area contributed by atoms with Crippen molar-refractivity contribution in [1.29, 1.82) is 0 Å². The Morgan fingerprint density at radius 3 is 0.912 bits per heavy atom. The fraction of sp³-hybridized carbons (Fsp3) is 0.316. The van der Waals surface area contributed by atoms with E-state index in [1.807, 2.05) is 0 Å². The molecule has 1 heteroatoms. The molecule has 0 saturated heterocycles. The zero-order chi connectivity index (χ0) is 56.8. The molecule has 9 aromatic carbocycles. The molecule has 0 spiro atoms. The molecule has 13 rings (SSSR count). The summed E-state index contributed by atoms with van der Waals surface area (Å²) in [6.07, 6.45) is 0. The van der Waals surface area contributed by atoms with Gasteiger partial charge in [-0.25, -0.2) is 0 Å². The smallest absolute Gasteiger partial charge is 0.0474 e. The van der Waals surface area contributed by atoms with Crippen molar-refractivity contribution < 1.29 is 0 Å². The van der Waals surface area contributed by atoms with Crippen LogP contribution in [0.5, 0.6) is 0 Å². The number of anilines is 3. The van der Waals surface area contributed by atoms with Crippen molar-refractivity contribution in [3.8, 4) is 66.8 Å². The maximum atomic E-state index is 2.59. The summed E-state index contributed by atoms with van der Waals surface area (Å²) >= 11 is 0. The fourth-order valence-corrected chi connectivity index (χ4v) is 14.8. The van der Waals surface area contributed by atoms with Gasteiger partial charge in [-0.05, 0) is 205 Å². The van der Waals surface area contributed by atoms with E-state index in [4.69, 9.17) is 0 Å². The van der Waals surface area contributed by atoms with Crippen molar-refractivity contribution in [1.82, 2.24) is 0 Å². The average Bonchev–Trinajstić information content (AvgIpc) is 4.18. The summed E-state index contributed by atoms with van der Waals surface area (Å²) in [6, 6.07) is 65.2. The summed E-state index contributed by atoms with van der Waals surface area (Å²) in [5.41, 5.74) is 35.2. The topological polar surface area (TPSA) is 3.24 Å². The van der Waals surface area contributed by atoms with Crippen molar-refractivity contribution >= 4 is 17.1 Å². The lowest BCUT2D eigenvalue weighted by Gasteiger charge is -2.31. The Labute approximate surface area is 479 Å². The van der Waals surface area contributed by atoms with Crippen LogP contribution < -0.4 is 4.90 Å². The molecular formula is C79H81N. The van der Waals surface area contributed by atoms with Crippen molar-refractivity contribution in [3.63, 3.8) is 0 Å². The molecule has 4 aliphatic rings. The Hall–Kier alpha value is -7.22. The lowest BCUT2D eigenvalue weighted by molar-refractivity contribution is 0.584. The molecule has 0 heterocycles. The molecule has 0 aliphatic heterocycles. The number of hydrogen-bond acceptors (Lipinski definition) is 1. The van der Waals surface area contributed by atoms with E-state index in [0.717, 1.165) is 17.1 Å². The highest BCUT2D eigenvalue weighted by Crippen LogP contribution is 2.57. The third kappa shape index (κ3) is 7.61. The third-order valence-electron chi connectivity index (χ3n) is 20.0. The normalized spacial score (nSPS) is 16.3. The van der Waals surface area contributed by atoms with Gasteiger partial charge in [0.05, 0.1) is 0 Å². The first-order chi connectivity index (χ1) is 37.5. The molecule has 0 atom stereocenters. The SMILES string of the molecule is Cc1c(-c2ccc3c(c2)C(C)(C)c2cc(C(C)(C)C)ccc2-3)cc(N(c2ccc3c(c2)C(C)(C)c2ccccc2-3)c2ccc3c(c2)C(C)(C)c2cc(C(C)(C)C)ccc2-3)cc1-c1ccc2c(c1)C(C)(C)c1cc(C(C)(C)C)ccc1-2. The van der Waals surface area contributed by atoms with Gasteiger partial charge in [0.15, 0.2) is 0 Å². The van der Waals surface area contributed by atoms with Crippen molar-refractivity contribution in [3.05, 3.63) is 231 Å². The second-order valence-corrected chi connectivity index (χ2v) is 29.6. The lowest BCUT2D eigenvalue weighted by atomic mass is 9.78. The Morgan fingerprint density at radius 2 is 0.550 bits per heavy atom. The lowest BCUT2D eigenvalue weighted by Crippen LogP contribution is -2.19. The van der Waals surface area contributed by atoms with Gasteiger partial charge in [0.2, 0.25) is 0 Å². The van der Waals surface area contributed by atoms with Crippen LogP contribution >= 0.6 is 0 Å². The maximum Gasteiger partial charge on any atom is 0.0474 e. The molecule has 0 saturated carbocycles. The van der Waals surface area contributed by atoms with Gasteiger partial charge < -0.3 is 4.90 Å². The number of fused-ring (bicyclic) bond motifs is 12. The number of hydrogen-bond donors (Lipinski definition) is 0. The quantitative estimate of drug-likeness (QED) is 0.166. The molecule has 0 unspecified atom stereocenters. The first-order valence-electron chi connectivity index (χ1n) is 29.6. The zero-order valence-corrected chi connectivity index (χ0v) is 51.0. The molecule has 0 bridgehead atoms. The molecule has 402 valence electrons. The summed E-state index contributed by atoms with van der Waals surface area (Å²) in [5, 5.41) is 0. The molecule has 0 aromatic heterocycles. The van der Waals surface area contributed by atoms with Crippen molar-refractivity contribution in [2.45, 2.75) is 163 Å². The second kappa shape index (κ2) is 16.9. The van der Waals surface area contributed by atoms with Crippen LogP contribution in [-0.2, 0) is 37.9 Å². The average molecular weight is 1040 g/mol. The summed E-state index contributed by atoms with van der Waals surface area (Å²) in [7, 11) is 0. The van der Waals surface area contributed by atoms with Gasteiger partial charge in [-0.15, -0.1) is 0 Å². The molecule has 0 fully saturated rings. The van der Waals surface area contributed by atoms with Gasteiger partial charge >= 0.3 is 0 Å². The Kier molecular flexibility index (Phi) is 11.0. The van der Waals surface area contributed by atoms with Gasteiger partial charge in [0.1, 0.15) is 0 Å². The minimum Gasteiger partial charge on any atom is -0.310 e. The van der Waals surface area contributed by atoms with Crippen LogP contribution in [-0.4, -0.2) is 0 Å². The van der Waals surface area contributed by atoms with E-state index in [1.54, 1.807) is 0 Å². The first-order valence-corrected chi connectivity index (χ1v) is 29.6. The fourth-order valence-electron chi connectivity index (χ4n) is 14.8. The molecule has 0 N–H and O–H groups in total. The van der Waals surface area contributed by atoms with E-state index in [2.05, 4.69) is 293 Å². The molecular weight excluding hydrogens is 963 g/mol. The molecule has 80 heavy (non-hydrogen) atoms. The van der Waals surface area contributed by atoms with E-state index >= 15 is 0 Å². The predicted octanol–water partition coefficient (Wildman–Crippen LogP) is 21.9. The van der Waals surface area contributed by atoms with Crippen LogP contribution in [0.15, 0.2) is 164 Å². The highest BCUT2D eigenvalue weighted by atomic mass is 15.1. The largest absolute Gasteiger partial charge is 0.310 e. The third-order valence-corrected chi connectivity index (χ3v) is 20.0. The molecule has 9 aromatic rings. The Balaban J connectivity index is 1.05. The van der Waals surface area contributed by atoms with Gasteiger partial charge in [-0.2, -0.15) is 0 Å². The van der Waals surface area contributed by atoms with Crippen LogP contribution in [0.4, 0.5) is 17.1 Å². The van der Waals surface area contributed by atoms with Gasteiger partial charge in [0.25, 0.3) is 0 Å². The van der Waals surface area contributed by atoms with Gasteiger partial charge in [0, 0.05) is 38.7 Å². The summed E-state index contributed by atoms with van der Waals surface area (Å²) in [6.45, 7) is 42.8. The zero-order valence-electron chi connectivity index (χ0n) is 51.0. The van der Waals surface area contributed by atoms with Crippen LogP contribution in [0, 0.1) is 6.92 Å². The molecule has 4 aliphatic carbocycles. The standard InChI is InChI=1S/C79H81N/c1-46-63(47-23-30-56-58-32-25-49(73(2,3)4)39-68(58)77(13,14)66(56)37-47)42-54(43-64(46)48-24-31-57-59-33-26-50(74(5,6)7)40-69(59)78(15,16)67(57)38-48)80(52-28-35-61-55-21-19-20-22-65(55)76(11,12)71(61)44-52)53-29-36-62-60-34-27-51(75(8,9)10)41-70(60)79(17,18)72(62)45-53/h19-45H,1-18H3. The van der Waals surface area contributed by atoms with E-state index in [9.17, 15) is 0 Å². The minimum atomic E-state index is -0.205. The van der Waals surface area contributed by atoms with E-state index < -0.39 is 0 Å². The highest BCUT2D eigenvalue weighted by molar-refractivity contribution is 5.94. The Morgan fingerprint density at radius 1 is 0.263 bits per heavy atom. The van der Waals surface area contributed by atoms with E-state index in [1.165, 1.54) is 134 Å². The second-order valence-electron chi connectivity index (χ2n) is 29.6. The maximum absolute atomic E-state index is 2.59. The summed E-state index contributed by atoms with van der Waals surface area (Å²) in [4.78, 5) is 2.59. The van der Waals surface area contributed by atoms with Gasteiger partial charge in [-0.3, -0.25) is 0 Å². The van der Waals surface area contributed by atoms with E-state index in [-0.39, 0.29) is 37.9 Å². The van der Waals surface area contributed by atoms with Crippen molar-refractivity contribution in [2.75, 3.05) is 4.90 Å².